The van der Waals surface area contributed by atoms with Crippen LogP contribution in [0.4, 0.5) is 5.69 Å². The zero-order valence-corrected chi connectivity index (χ0v) is 18.2. The van der Waals surface area contributed by atoms with Gasteiger partial charge in [-0.1, -0.05) is 24.3 Å². The maximum absolute atomic E-state index is 12.6. The minimum atomic E-state index is -0.0873. The molecule has 3 rings (SSSR count). The quantitative estimate of drug-likeness (QED) is 0.529. The predicted octanol–water partition coefficient (Wildman–Crippen LogP) is 4.96. The smallest absolute Gasteiger partial charge is 0.224 e. The largest absolute Gasteiger partial charge is 0.497 e. The standard InChI is InChI=1S/C25H27NO5/c1-28-20-12-8-17(9-13-20)21-16-19(11-14-22(21)29-2)26-24(27)15-10-18-6-5-7-23(30-3)25(18)31-4/h5-9,11-14,16H,10,15H2,1-4H3,(H,26,27). The summed E-state index contributed by atoms with van der Waals surface area (Å²) < 4.78 is 21.5. The van der Waals surface area contributed by atoms with Crippen LogP contribution in [0, 0.1) is 0 Å². The lowest BCUT2D eigenvalue weighted by molar-refractivity contribution is -0.116. The molecule has 0 unspecified atom stereocenters. The first-order valence-corrected chi connectivity index (χ1v) is 9.91. The number of hydrogen-bond acceptors (Lipinski definition) is 5. The zero-order valence-electron chi connectivity index (χ0n) is 18.2. The Morgan fingerprint density at radius 3 is 2.19 bits per heavy atom. The normalized spacial score (nSPS) is 10.3. The number of benzene rings is 3. The average molecular weight is 421 g/mol. The van der Waals surface area contributed by atoms with Crippen LogP contribution in [0.25, 0.3) is 11.1 Å². The summed E-state index contributed by atoms with van der Waals surface area (Å²) in [4.78, 5) is 12.6. The molecular weight excluding hydrogens is 394 g/mol. The van der Waals surface area contributed by atoms with Gasteiger partial charge in [-0.25, -0.2) is 0 Å². The summed E-state index contributed by atoms with van der Waals surface area (Å²) in [5, 5.41) is 2.97. The molecule has 0 bridgehead atoms. The highest BCUT2D eigenvalue weighted by molar-refractivity contribution is 5.92. The minimum absolute atomic E-state index is 0.0873. The number of nitrogens with one attached hydrogen (secondary N) is 1. The zero-order chi connectivity index (χ0) is 22.2. The molecule has 0 saturated heterocycles. The van der Waals surface area contributed by atoms with Gasteiger partial charge in [0.25, 0.3) is 0 Å². The lowest BCUT2D eigenvalue weighted by atomic mass is 10.0. The van der Waals surface area contributed by atoms with Gasteiger partial charge in [0.05, 0.1) is 28.4 Å². The van der Waals surface area contributed by atoms with Crippen LogP contribution in [0.15, 0.2) is 60.7 Å². The minimum Gasteiger partial charge on any atom is -0.497 e. The Kier molecular flexibility index (Phi) is 7.38. The molecule has 0 fully saturated rings. The number of hydrogen-bond donors (Lipinski definition) is 1. The number of amides is 1. The molecular formula is C25H27NO5. The third-order valence-corrected chi connectivity index (χ3v) is 4.99. The van der Waals surface area contributed by atoms with E-state index >= 15 is 0 Å². The fraction of sp³-hybridized carbons (Fsp3) is 0.240. The summed E-state index contributed by atoms with van der Waals surface area (Å²) in [6.45, 7) is 0. The van der Waals surface area contributed by atoms with Crippen LogP contribution >= 0.6 is 0 Å². The van der Waals surface area contributed by atoms with Crippen molar-refractivity contribution >= 4 is 11.6 Å². The monoisotopic (exact) mass is 421 g/mol. The Balaban J connectivity index is 1.73. The average Bonchev–Trinajstić information content (AvgIpc) is 2.82. The Hall–Kier alpha value is -3.67. The number of carbonyl (C=O) groups excluding carboxylic acids is 1. The molecule has 31 heavy (non-hydrogen) atoms. The van der Waals surface area contributed by atoms with Crippen LogP contribution in [0.5, 0.6) is 23.0 Å². The Bertz CT molecular complexity index is 1030. The van der Waals surface area contributed by atoms with E-state index in [2.05, 4.69) is 5.32 Å². The van der Waals surface area contributed by atoms with Crippen LogP contribution in [-0.4, -0.2) is 34.3 Å². The molecule has 3 aromatic rings. The third-order valence-electron chi connectivity index (χ3n) is 4.99. The van der Waals surface area contributed by atoms with Crippen molar-refractivity contribution in [1.82, 2.24) is 0 Å². The summed E-state index contributed by atoms with van der Waals surface area (Å²) >= 11 is 0. The van der Waals surface area contributed by atoms with Gasteiger partial charge in [0.1, 0.15) is 11.5 Å². The summed E-state index contributed by atoms with van der Waals surface area (Å²) in [6.07, 6.45) is 0.848. The van der Waals surface area contributed by atoms with Crippen molar-refractivity contribution in [2.45, 2.75) is 12.8 Å². The maximum atomic E-state index is 12.6. The van der Waals surface area contributed by atoms with E-state index in [1.165, 1.54) is 0 Å². The van der Waals surface area contributed by atoms with Crippen molar-refractivity contribution in [3.8, 4) is 34.1 Å². The molecule has 0 spiro atoms. The number of aryl methyl sites for hydroxylation is 1. The second-order valence-electron chi connectivity index (χ2n) is 6.84. The molecule has 0 aromatic heterocycles. The highest BCUT2D eigenvalue weighted by atomic mass is 16.5. The molecule has 162 valence electrons. The molecule has 0 aliphatic heterocycles. The Morgan fingerprint density at radius 1 is 0.806 bits per heavy atom. The van der Waals surface area contributed by atoms with Crippen LogP contribution in [-0.2, 0) is 11.2 Å². The molecule has 1 N–H and O–H groups in total. The fourth-order valence-corrected chi connectivity index (χ4v) is 3.40. The first kappa shape index (κ1) is 22.0. The topological polar surface area (TPSA) is 66.0 Å². The van der Waals surface area contributed by atoms with Crippen LogP contribution in [0.2, 0.25) is 0 Å². The molecule has 0 radical (unpaired) electrons. The summed E-state index contributed by atoms with van der Waals surface area (Å²) in [5.41, 5.74) is 3.48. The first-order valence-electron chi connectivity index (χ1n) is 9.91. The first-order chi connectivity index (χ1) is 15.1. The second kappa shape index (κ2) is 10.4. The van der Waals surface area contributed by atoms with Crippen LogP contribution in [0.3, 0.4) is 0 Å². The summed E-state index contributed by atoms with van der Waals surface area (Å²) in [5.74, 6) is 2.73. The summed E-state index contributed by atoms with van der Waals surface area (Å²) in [7, 11) is 6.45. The van der Waals surface area contributed by atoms with E-state index in [1.54, 1.807) is 28.4 Å². The molecule has 6 nitrogen and oxygen atoms in total. The second-order valence-corrected chi connectivity index (χ2v) is 6.84. The molecule has 0 aliphatic carbocycles. The number of methoxy groups -OCH3 is 4. The number of carbonyl (C=O) groups is 1. The Labute approximate surface area is 182 Å². The molecule has 3 aromatic carbocycles. The van der Waals surface area contributed by atoms with Gasteiger partial charge in [0.2, 0.25) is 5.91 Å². The van der Waals surface area contributed by atoms with Crippen LogP contribution in [0.1, 0.15) is 12.0 Å². The maximum Gasteiger partial charge on any atom is 0.224 e. The van der Waals surface area contributed by atoms with Gasteiger partial charge < -0.3 is 24.3 Å². The van der Waals surface area contributed by atoms with E-state index in [0.29, 0.717) is 30.0 Å². The lowest BCUT2D eigenvalue weighted by Crippen LogP contribution is -2.12. The highest BCUT2D eigenvalue weighted by Crippen LogP contribution is 2.34. The number of rotatable bonds is 9. The molecule has 0 aliphatic rings. The third kappa shape index (κ3) is 5.28. The molecule has 0 atom stereocenters. The van der Waals surface area contributed by atoms with E-state index in [0.717, 1.165) is 28.2 Å². The fourth-order valence-electron chi connectivity index (χ4n) is 3.40. The summed E-state index contributed by atoms with van der Waals surface area (Å²) in [6, 6.07) is 18.9. The highest BCUT2D eigenvalue weighted by Gasteiger charge is 2.13. The van der Waals surface area contributed by atoms with E-state index in [4.69, 9.17) is 18.9 Å². The SMILES string of the molecule is COc1ccc(-c2cc(NC(=O)CCc3cccc(OC)c3OC)ccc2OC)cc1. The van der Waals surface area contributed by atoms with Crippen molar-refractivity contribution in [3.63, 3.8) is 0 Å². The van der Waals surface area contributed by atoms with E-state index in [1.807, 2.05) is 60.7 Å². The van der Waals surface area contributed by atoms with Crippen molar-refractivity contribution in [2.24, 2.45) is 0 Å². The van der Waals surface area contributed by atoms with Gasteiger partial charge in [0, 0.05) is 17.7 Å². The molecule has 0 saturated carbocycles. The number of ether oxygens (including phenoxy) is 4. The number of para-hydroxylation sites is 1. The molecule has 1 amide bonds. The van der Waals surface area contributed by atoms with E-state index in [9.17, 15) is 4.79 Å². The van der Waals surface area contributed by atoms with Crippen molar-refractivity contribution < 1.29 is 23.7 Å². The van der Waals surface area contributed by atoms with Gasteiger partial charge in [-0.2, -0.15) is 0 Å². The van der Waals surface area contributed by atoms with Gasteiger partial charge >= 0.3 is 0 Å². The van der Waals surface area contributed by atoms with Gasteiger partial charge in [0.15, 0.2) is 11.5 Å². The van der Waals surface area contributed by atoms with E-state index in [-0.39, 0.29) is 5.91 Å². The van der Waals surface area contributed by atoms with Gasteiger partial charge in [-0.3, -0.25) is 4.79 Å². The molecule has 0 heterocycles. The van der Waals surface area contributed by atoms with Crippen LogP contribution < -0.4 is 24.3 Å². The molecule has 6 heteroatoms. The lowest BCUT2D eigenvalue weighted by Gasteiger charge is -2.14. The van der Waals surface area contributed by atoms with Crippen molar-refractivity contribution in [1.29, 1.82) is 0 Å². The van der Waals surface area contributed by atoms with E-state index < -0.39 is 0 Å². The van der Waals surface area contributed by atoms with Crippen molar-refractivity contribution in [2.75, 3.05) is 33.8 Å². The number of anilines is 1. The Morgan fingerprint density at radius 2 is 1.55 bits per heavy atom. The van der Waals surface area contributed by atoms with Gasteiger partial charge in [-0.05, 0) is 53.9 Å². The van der Waals surface area contributed by atoms with Crippen molar-refractivity contribution in [3.05, 3.63) is 66.2 Å². The van der Waals surface area contributed by atoms with Gasteiger partial charge in [-0.15, -0.1) is 0 Å². The predicted molar refractivity (Wildman–Crippen MR) is 121 cm³/mol.